The Balaban J connectivity index is 1.78. The average Bonchev–Trinajstić information content (AvgIpc) is 3.16. The van der Waals surface area contributed by atoms with Crippen LogP contribution in [0.4, 0.5) is 0 Å². The van der Waals surface area contributed by atoms with Crippen molar-refractivity contribution in [2.24, 2.45) is 23.7 Å². The lowest BCUT2D eigenvalue weighted by atomic mass is 9.91. The van der Waals surface area contributed by atoms with E-state index in [9.17, 15) is 15.0 Å². The number of hydrogen-bond donors (Lipinski definition) is 3. The van der Waals surface area contributed by atoms with Crippen molar-refractivity contribution in [2.45, 2.75) is 76.9 Å². The first kappa shape index (κ1) is 19.4. The summed E-state index contributed by atoms with van der Waals surface area (Å²) in [6.07, 6.45) is 5.96. The zero-order valence-corrected chi connectivity index (χ0v) is 14.8. The smallest absolute Gasteiger partial charge is 0.137 e. The van der Waals surface area contributed by atoms with Crippen LogP contribution in [0.1, 0.15) is 64.7 Å². The summed E-state index contributed by atoms with van der Waals surface area (Å²) in [7, 11) is 0. The molecule has 0 spiro atoms. The molecule has 2 aliphatic rings. The van der Waals surface area contributed by atoms with Gasteiger partial charge in [0, 0.05) is 31.8 Å². The molecule has 0 aromatic heterocycles. The molecule has 0 aromatic rings. The van der Waals surface area contributed by atoms with E-state index in [2.05, 4.69) is 18.8 Å². The van der Waals surface area contributed by atoms with E-state index in [0.717, 1.165) is 38.5 Å². The van der Waals surface area contributed by atoms with Gasteiger partial charge in [-0.15, -0.1) is 11.8 Å². The van der Waals surface area contributed by atoms with Crippen LogP contribution < -0.4 is 0 Å². The van der Waals surface area contributed by atoms with Crippen molar-refractivity contribution < 1.29 is 20.1 Å². The van der Waals surface area contributed by atoms with Crippen LogP contribution in [-0.4, -0.2) is 39.9 Å². The predicted molar refractivity (Wildman–Crippen MR) is 93.1 cm³/mol. The monoisotopic (exact) mass is 336 g/mol. The number of aliphatic hydroxyl groups is 3. The summed E-state index contributed by atoms with van der Waals surface area (Å²) in [5.74, 6) is 6.98. The van der Waals surface area contributed by atoms with Gasteiger partial charge in [0.15, 0.2) is 0 Å². The number of carbonyl (C=O) groups is 1. The van der Waals surface area contributed by atoms with Crippen LogP contribution in [0.15, 0.2) is 0 Å². The fraction of sp³-hybridized carbons (Fsp3) is 0.850. The van der Waals surface area contributed by atoms with Crippen molar-refractivity contribution in [3.63, 3.8) is 0 Å². The van der Waals surface area contributed by atoms with E-state index in [1.54, 1.807) is 0 Å². The maximum atomic E-state index is 12.1. The molecule has 6 atom stereocenters. The van der Waals surface area contributed by atoms with Crippen LogP contribution in [-0.2, 0) is 4.79 Å². The Kier molecular flexibility index (Phi) is 7.74. The highest BCUT2D eigenvalue weighted by Gasteiger charge is 2.64. The summed E-state index contributed by atoms with van der Waals surface area (Å²) in [4.78, 5) is 12.1. The summed E-state index contributed by atoms with van der Waals surface area (Å²) in [6.45, 7) is 2.32. The molecule has 3 N–H and O–H groups in total. The zero-order chi connectivity index (χ0) is 17.5. The molecular weight excluding hydrogens is 304 g/mol. The highest BCUT2D eigenvalue weighted by molar-refractivity contribution is 5.86. The van der Waals surface area contributed by atoms with Crippen molar-refractivity contribution in [2.75, 3.05) is 6.61 Å². The minimum absolute atomic E-state index is 0.0529. The highest BCUT2D eigenvalue weighted by atomic mass is 16.3. The van der Waals surface area contributed by atoms with Crippen LogP contribution in [0.5, 0.6) is 0 Å². The van der Waals surface area contributed by atoms with Gasteiger partial charge in [0.05, 0.1) is 12.2 Å². The molecule has 136 valence electrons. The predicted octanol–water partition coefficient (Wildman–Crippen LogP) is 2.30. The van der Waals surface area contributed by atoms with Crippen LogP contribution in [0, 0.1) is 35.5 Å². The van der Waals surface area contributed by atoms with Gasteiger partial charge in [0.25, 0.3) is 0 Å². The average molecular weight is 336 g/mol. The third kappa shape index (κ3) is 4.81. The quantitative estimate of drug-likeness (QED) is 0.422. The van der Waals surface area contributed by atoms with Gasteiger partial charge in [-0.2, -0.15) is 0 Å². The molecular formula is C20H32O4. The first-order chi connectivity index (χ1) is 11.6. The standard InChI is InChI=1S/C20H32O4/c1-2-3-7-11-16(22)20(24)19-15-13-17(23)14(18(15)19)10-8-5-4-6-9-12-21/h14-16,18-22,24H,2-4,6-7,9-13H2,1H3. The lowest BCUT2D eigenvalue weighted by molar-refractivity contribution is -0.122. The largest absolute Gasteiger partial charge is 0.396 e. The van der Waals surface area contributed by atoms with Gasteiger partial charge in [-0.3, -0.25) is 4.79 Å². The van der Waals surface area contributed by atoms with E-state index in [-0.39, 0.29) is 36.1 Å². The van der Waals surface area contributed by atoms with Crippen LogP contribution >= 0.6 is 0 Å². The molecule has 24 heavy (non-hydrogen) atoms. The first-order valence-corrected chi connectivity index (χ1v) is 9.57. The third-order valence-electron chi connectivity index (χ3n) is 5.66. The second-order valence-electron chi connectivity index (χ2n) is 7.39. The topological polar surface area (TPSA) is 77.8 Å². The van der Waals surface area contributed by atoms with Gasteiger partial charge in [0.1, 0.15) is 5.78 Å². The van der Waals surface area contributed by atoms with Gasteiger partial charge >= 0.3 is 0 Å². The fourth-order valence-electron chi connectivity index (χ4n) is 4.22. The molecule has 6 unspecified atom stereocenters. The SMILES string of the molecule is CCCCCC(O)C(O)C1C2CC(=O)C(CC#CCCCCO)C21. The lowest BCUT2D eigenvalue weighted by Gasteiger charge is -2.20. The number of Topliss-reactive ketones (excluding diaryl/α,β-unsaturated/α-hetero) is 1. The summed E-state index contributed by atoms with van der Waals surface area (Å²) < 4.78 is 0. The number of carbonyl (C=O) groups excluding carboxylic acids is 1. The van der Waals surface area contributed by atoms with Crippen molar-refractivity contribution in [1.82, 2.24) is 0 Å². The number of unbranched alkanes of at least 4 members (excludes halogenated alkanes) is 4. The zero-order valence-electron chi connectivity index (χ0n) is 14.8. The van der Waals surface area contributed by atoms with Gasteiger partial charge in [-0.25, -0.2) is 0 Å². The number of hydrogen-bond acceptors (Lipinski definition) is 4. The Hall–Kier alpha value is -0.890. The molecule has 0 radical (unpaired) electrons. The van der Waals surface area contributed by atoms with Crippen LogP contribution in [0.3, 0.4) is 0 Å². The van der Waals surface area contributed by atoms with E-state index in [0.29, 0.717) is 19.3 Å². The van der Waals surface area contributed by atoms with E-state index in [4.69, 9.17) is 5.11 Å². The molecule has 0 aromatic carbocycles. The molecule has 0 saturated heterocycles. The number of rotatable bonds is 10. The minimum Gasteiger partial charge on any atom is -0.396 e. The maximum Gasteiger partial charge on any atom is 0.137 e. The second-order valence-corrected chi connectivity index (χ2v) is 7.39. The number of ketones is 1. The Morgan fingerprint density at radius 2 is 1.96 bits per heavy atom. The Bertz CT molecular complexity index is 464. The molecule has 0 amide bonds. The second kappa shape index (κ2) is 9.56. The summed E-state index contributed by atoms with van der Waals surface area (Å²) in [6, 6.07) is 0. The van der Waals surface area contributed by atoms with Crippen molar-refractivity contribution in [1.29, 1.82) is 0 Å². The summed E-state index contributed by atoms with van der Waals surface area (Å²) >= 11 is 0. The molecule has 4 heteroatoms. The van der Waals surface area contributed by atoms with E-state index < -0.39 is 12.2 Å². The van der Waals surface area contributed by atoms with Gasteiger partial charge in [-0.1, -0.05) is 26.2 Å². The summed E-state index contributed by atoms with van der Waals surface area (Å²) in [5, 5.41) is 29.3. The van der Waals surface area contributed by atoms with Gasteiger partial charge in [0.2, 0.25) is 0 Å². The van der Waals surface area contributed by atoms with Crippen LogP contribution in [0.2, 0.25) is 0 Å². The molecule has 2 saturated carbocycles. The first-order valence-electron chi connectivity index (χ1n) is 9.57. The van der Waals surface area contributed by atoms with Crippen molar-refractivity contribution in [3.05, 3.63) is 0 Å². The fourth-order valence-corrected chi connectivity index (χ4v) is 4.22. The van der Waals surface area contributed by atoms with E-state index in [1.807, 2.05) is 0 Å². The van der Waals surface area contributed by atoms with E-state index >= 15 is 0 Å². The Morgan fingerprint density at radius 1 is 1.17 bits per heavy atom. The van der Waals surface area contributed by atoms with Gasteiger partial charge in [-0.05, 0) is 37.0 Å². The van der Waals surface area contributed by atoms with Crippen LogP contribution in [0.25, 0.3) is 0 Å². The van der Waals surface area contributed by atoms with Crippen molar-refractivity contribution in [3.8, 4) is 11.8 Å². The highest BCUT2D eigenvalue weighted by Crippen LogP contribution is 2.61. The minimum atomic E-state index is -0.690. The molecule has 0 aliphatic heterocycles. The Morgan fingerprint density at radius 3 is 2.67 bits per heavy atom. The maximum absolute atomic E-state index is 12.1. The molecule has 2 aliphatic carbocycles. The summed E-state index contributed by atoms with van der Waals surface area (Å²) in [5.41, 5.74) is 0. The third-order valence-corrected chi connectivity index (χ3v) is 5.66. The molecule has 4 nitrogen and oxygen atoms in total. The number of fused-ring (bicyclic) bond motifs is 1. The van der Waals surface area contributed by atoms with Gasteiger partial charge < -0.3 is 15.3 Å². The Labute approximate surface area is 145 Å². The van der Waals surface area contributed by atoms with E-state index in [1.165, 1.54) is 0 Å². The lowest BCUT2D eigenvalue weighted by Crippen LogP contribution is -2.31. The molecule has 2 rings (SSSR count). The molecule has 2 fully saturated rings. The van der Waals surface area contributed by atoms with Crippen molar-refractivity contribution >= 4 is 5.78 Å². The normalized spacial score (nSPS) is 30.4. The number of aliphatic hydroxyl groups excluding tert-OH is 3. The molecule has 0 bridgehead atoms. The molecule has 0 heterocycles.